The van der Waals surface area contributed by atoms with Crippen molar-refractivity contribution in [2.45, 2.75) is 26.5 Å². The lowest BCUT2D eigenvalue weighted by Crippen LogP contribution is -2.32. The zero-order chi connectivity index (χ0) is 27.9. The Balaban J connectivity index is 1.68. The van der Waals surface area contributed by atoms with Crippen LogP contribution < -0.4 is 14.2 Å². The molecule has 0 bridgehead atoms. The third-order valence-electron chi connectivity index (χ3n) is 6.50. The maximum Gasteiger partial charge on any atom is 0.295 e. The summed E-state index contributed by atoms with van der Waals surface area (Å²) < 4.78 is 22.2. The van der Waals surface area contributed by atoms with Crippen molar-refractivity contribution < 1.29 is 33.6 Å². The van der Waals surface area contributed by atoms with E-state index in [2.05, 4.69) is 6.07 Å². The smallest absolute Gasteiger partial charge is 0.295 e. The molecule has 1 aliphatic rings. The van der Waals surface area contributed by atoms with Gasteiger partial charge in [0.2, 0.25) is 0 Å². The first kappa shape index (κ1) is 27.7. The molecule has 204 valence electrons. The average Bonchev–Trinajstić information content (AvgIpc) is 3.20. The molecule has 0 unspecified atom stereocenters. The highest BCUT2D eigenvalue weighted by atomic mass is 16.5. The van der Waals surface area contributed by atoms with Crippen molar-refractivity contribution in [3.8, 4) is 17.2 Å². The van der Waals surface area contributed by atoms with Gasteiger partial charge in [-0.25, -0.2) is 0 Å². The van der Waals surface area contributed by atoms with E-state index in [1.54, 1.807) is 42.5 Å². The normalized spacial score (nSPS) is 16.4. The number of carbonyl (C=O) groups is 2. The Hall–Kier alpha value is -4.30. The number of aryl methyl sites for hydroxylation is 1. The molecular weight excluding hydrogens is 498 g/mol. The summed E-state index contributed by atoms with van der Waals surface area (Å²) in [6.45, 7) is 5.14. The number of hydrogen-bond acceptors (Lipinski definition) is 7. The molecule has 0 aromatic heterocycles. The summed E-state index contributed by atoms with van der Waals surface area (Å²) in [5, 5.41) is 11.3. The van der Waals surface area contributed by atoms with E-state index in [1.165, 1.54) is 19.1 Å². The molecule has 1 fully saturated rings. The minimum Gasteiger partial charge on any atom is -0.507 e. The fourth-order valence-corrected chi connectivity index (χ4v) is 4.61. The molecule has 1 atom stereocenters. The lowest BCUT2D eigenvalue weighted by molar-refractivity contribution is -0.140. The predicted molar refractivity (Wildman–Crippen MR) is 147 cm³/mol. The van der Waals surface area contributed by atoms with Gasteiger partial charge in [-0.05, 0) is 61.4 Å². The van der Waals surface area contributed by atoms with E-state index >= 15 is 0 Å². The second-order valence-corrected chi connectivity index (χ2v) is 9.13. The number of benzene rings is 3. The Morgan fingerprint density at radius 3 is 2.38 bits per heavy atom. The van der Waals surface area contributed by atoms with Gasteiger partial charge >= 0.3 is 0 Å². The van der Waals surface area contributed by atoms with Gasteiger partial charge in [0.05, 0.1) is 31.9 Å². The lowest BCUT2D eigenvalue weighted by atomic mass is 9.95. The maximum absolute atomic E-state index is 13.2. The van der Waals surface area contributed by atoms with Crippen LogP contribution in [0.5, 0.6) is 17.2 Å². The van der Waals surface area contributed by atoms with E-state index in [4.69, 9.17) is 18.9 Å². The minimum atomic E-state index is -0.832. The Morgan fingerprint density at radius 2 is 1.72 bits per heavy atom. The number of ether oxygens (including phenoxy) is 4. The quantitative estimate of drug-likeness (QED) is 0.210. The third-order valence-corrected chi connectivity index (χ3v) is 6.50. The number of hydrogen-bond donors (Lipinski definition) is 1. The molecule has 1 aliphatic heterocycles. The van der Waals surface area contributed by atoms with Gasteiger partial charge in [0.1, 0.15) is 18.1 Å². The minimum absolute atomic E-state index is 0.00394. The average molecular weight is 532 g/mol. The summed E-state index contributed by atoms with van der Waals surface area (Å²) >= 11 is 0. The Labute approximate surface area is 228 Å². The summed E-state index contributed by atoms with van der Waals surface area (Å²) in [5.74, 6) is -0.121. The molecule has 0 saturated carbocycles. The molecule has 0 aliphatic carbocycles. The third kappa shape index (κ3) is 6.07. The number of aliphatic hydroxyl groups excluding tert-OH is 1. The van der Waals surface area contributed by atoms with E-state index in [1.807, 2.05) is 32.0 Å². The van der Waals surface area contributed by atoms with Crippen LogP contribution in [0.4, 0.5) is 0 Å². The number of Topliss-reactive ketones (excluding diaryl/α,β-unsaturated/α-hetero) is 1. The number of likely N-dealkylation sites (tertiary alicyclic amines) is 1. The summed E-state index contributed by atoms with van der Waals surface area (Å²) in [7, 11) is 3.04. The summed E-state index contributed by atoms with van der Waals surface area (Å²) in [5.41, 5.74) is 3.19. The van der Waals surface area contributed by atoms with Gasteiger partial charge in [0, 0.05) is 19.2 Å². The Bertz CT molecular complexity index is 1360. The van der Waals surface area contributed by atoms with E-state index in [9.17, 15) is 14.7 Å². The van der Waals surface area contributed by atoms with Gasteiger partial charge in [-0.1, -0.05) is 35.9 Å². The van der Waals surface area contributed by atoms with Crippen LogP contribution in [0.3, 0.4) is 0 Å². The number of aliphatic hydroxyl groups is 1. The number of amides is 1. The second-order valence-electron chi connectivity index (χ2n) is 9.13. The van der Waals surface area contributed by atoms with Crippen LogP contribution in [-0.4, -0.2) is 55.7 Å². The van der Waals surface area contributed by atoms with E-state index in [0.717, 1.165) is 11.1 Å². The molecule has 0 spiro atoms. The second kappa shape index (κ2) is 12.5. The standard InChI is InChI=1S/C31H33NO7/c1-5-38-25-14-11-23(18-26(25)37-4)28-27(30(34)31(35)32(28)15-16-36-3)29(33)22-9-12-24(13-10-22)39-19-21-8-6-7-20(2)17-21/h6-14,17-18,28,33H,5,15-16,19H2,1-4H3/b29-27+/t28-/m0/s1. The van der Waals surface area contributed by atoms with Crippen LogP contribution >= 0.6 is 0 Å². The van der Waals surface area contributed by atoms with E-state index in [0.29, 0.717) is 41.6 Å². The van der Waals surface area contributed by atoms with Crippen LogP contribution in [0.25, 0.3) is 5.76 Å². The number of methoxy groups -OCH3 is 2. The predicted octanol–water partition coefficient (Wildman–Crippen LogP) is 5.05. The molecule has 3 aromatic rings. The van der Waals surface area contributed by atoms with Gasteiger partial charge in [-0.3, -0.25) is 9.59 Å². The van der Waals surface area contributed by atoms with E-state index in [-0.39, 0.29) is 24.5 Å². The zero-order valence-electron chi connectivity index (χ0n) is 22.6. The van der Waals surface area contributed by atoms with Crippen molar-refractivity contribution in [3.63, 3.8) is 0 Å². The maximum atomic E-state index is 13.2. The fourth-order valence-electron chi connectivity index (χ4n) is 4.61. The fraction of sp³-hybridized carbons (Fsp3) is 0.290. The summed E-state index contributed by atoms with van der Waals surface area (Å²) in [6, 6.07) is 19.2. The SMILES string of the molecule is CCOc1ccc([C@H]2/C(=C(\O)c3ccc(OCc4cccc(C)c4)cc3)C(=O)C(=O)N2CCOC)cc1OC. The van der Waals surface area contributed by atoms with E-state index < -0.39 is 17.7 Å². The largest absolute Gasteiger partial charge is 0.507 e. The number of carbonyl (C=O) groups excluding carboxylic acids is 2. The van der Waals surface area contributed by atoms with Crippen molar-refractivity contribution >= 4 is 17.4 Å². The summed E-state index contributed by atoms with van der Waals surface area (Å²) in [6.07, 6.45) is 0. The van der Waals surface area contributed by atoms with Crippen molar-refractivity contribution in [2.75, 3.05) is 34.0 Å². The Morgan fingerprint density at radius 1 is 0.949 bits per heavy atom. The molecule has 1 saturated heterocycles. The number of rotatable bonds is 11. The van der Waals surface area contributed by atoms with Gasteiger partial charge in [0.25, 0.3) is 11.7 Å². The van der Waals surface area contributed by atoms with Crippen LogP contribution in [0.15, 0.2) is 72.3 Å². The van der Waals surface area contributed by atoms with Crippen LogP contribution in [0.2, 0.25) is 0 Å². The van der Waals surface area contributed by atoms with Crippen LogP contribution in [-0.2, 0) is 20.9 Å². The van der Waals surface area contributed by atoms with Gasteiger partial charge in [-0.2, -0.15) is 0 Å². The first-order valence-electron chi connectivity index (χ1n) is 12.7. The van der Waals surface area contributed by atoms with Gasteiger partial charge < -0.3 is 29.0 Å². The molecule has 4 rings (SSSR count). The number of ketones is 1. The molecule has 3 aromatic carbocycles. The van der Waals surface area contributed by atoms with Crippen LogP contribution in [0.1, 0.15) is 35.2 Å². The first-order chi connectivity index (χ1) is 18.9. The molecule has 1 heterocycles. The molecule has 39 heavy (non-hydrogen) atoms. The highest BCUT2D eigenvalue weighted by Gasteiger charge is 2.46. The molecular formula is C31H33NO7. The molecule has 1 amide bonds. The molecule has 1 N–H and O–H groups in total. The number of nitrogens with zero attached hydrogens (tertiary/aromatic N) is 1. The highest BCUT2D eigenvalue weighted by molar-refractivity contribution is 6.46. The van der Waals surface area contributed by atoms with Crippen molar-refractivity contribution in [1.82, 2.24) is 4.90 Å². The Kier molecular flexibility index (Phi) is 8.88. The lowest BCUT2D eigenvalue weighted by Gasteiger charge is -2.25. The monoisotopic (exact) mass is 531 g/mol. The topological polar surface area (TPSA) is 94.5 Å². The van der Waals surface area contributed by atoms with Gasteiger partial charge in [0.15, 0.2) is 11.5 Å². The van der Waals surface area contributed by atoms with Crippen LogP contribution in [0, 0.1) is 6.92 Å². The highest BCUT2D eigenvalue weighted by Crippen LogP contribution is 2.42. The molecule has 0 radical (unpaired) electrons. The zero-order valence-corrected chi connectivity index (χ0v) is 22.6. The van der Waals surface area contributed by atoms with Crippen molar-refractivity contribution in [2.24, 2.45) is 0 Å². The first-order valence-corrected chi connectivity index (χ1v) is 12.7. The summed E-state index contributed by atoms with van der Waals surface area (Å²) in [4.78, 5) is 27.7. The molecule has 8 heteroatoms. The van der Waals surface area contributed by atoms with Crippen molar-refractivity contribution in [3.05, 3.63) is 94.6 Å². The molecule has 8 nitrogen and oxygen atoms in total. The van der Waals surface area contributed by atoms with Crippen molar-refractivity contribution in [1.29, 1.82) is 0 Å². The van der Waals surface area contributed by atoms with Gasteiger partial charge in [-0.15, -0.1) is 0 Å².